The Morgan fingerprint density at radius 3 is 2.68 bits per heavy atom. The molecule has 0 aliphatic carbocycles. The topological polar surface area (TPSA) is 58.2 Å². The van der Waals surface area contributed by atoms with Crippen LogP contribution >= 0.6 is 0 Å². The molecule has 5 nitrogen and oxygen atoms in total. The highest BCUT2D eigenvalue weighted by molar-refractivity contribution is 5.69. The molecule has 0 spiro atoms. The van der Waals surface area contributed by atoms with Gasteiger partial charge in [-0.1, -0.05) is 31.2 Å². The number of hydrogen-bond donors (Lipinski definition) is 1. The average molecular weight is 341 g/mol. The third-order valence-corrected chi connectivity index (χ3v) is 4.47. The fourth-order valence-corrected chi connectivity index (χ4v) is 3.16. The van der Waals surface area contributed by atoms with Crippen molar-refractivity contribution in [3.05, 3.63) is 41.9 Å². The maximum absolute atomic E-state index is 12.5. The zero-order valence-corrected chi connectivity index (χ0v) is 15.5. The highest BCUT2D eigenvalue weighted by Crippen LogP contribution is 2.32. The first-order valence-electron chi connectivity index (χ1n) is 9.01. The minimum atomic E-state index is -0.487. The second-order valence-corrected chi connectivity index (χ2v) is 7.56. The zero-order valence-electron chi connectivity index (χ0n) is 15.5. The lowest BCUT2D eigenvalue weighted by Gasteiger charge is -2.27. The van der Waals surface area contributed by atoms with Gasteiger partial charge in [0.1, 0.15) is 11.4 Å². The van der Waals surface area contributed by atoms with E-state index in [0.717, 1.165) is 36.3 Å². The number of amides is 1. The Bertz CT molecular complexity index is 728. The highest BCUT2D eigenvalue weighted by atomic mass is 16.6. The predicted molar refractivity (Wildman–Crippen MR) is 98.3 cm³/mol. The van der Waals surface area contributed by atoms with Crippen LogP contribution in [0.15, 0.2) is 30.5 Å². The SMILES string of the molecule is CCc1ccc(-c2cnc([C@@H]3CCCN3C(=O)OC(C)(C)C)[nH]2)cc1. The normalized spacial score (nSPS) is 17.8. The van der Waals surface area contributed by atoms with E-state index in [9.17, 15) is 4.79 Å². The molecular formula is C20H27N3O2. The van der Waals surface area contributed by atoms with E-state index in [1.54, 1.807) is 4.90 Å². The van der Waals surface area contributed by atoms with Crippen molar-refractivity contribution in [1.29, 1.82) is 0 Å². The number of carbonyl (C=O) groups is 1. The first-order valence-corrected chi connectivity index (χ1v) is 9.01. The number of benzene rings is 1. The second-order valence-electron chi connectivity index (χ2n) is 7.56. The van der Waals surface area contributed by atoms with Crippen molar-refractivity contribution in [2.75, 3.05) is 6.54 Å². The lowest BCUT2D eigenvalue weighted by Crippen LogP contribution is -2.36. The molecule has 0 saturated carbocycles. The van der Waals surface area contributed by atoms with Crippen LogP contribution in [-0.4, -0.2) is 33.1 Å². The molecule has 1 saturated heterocycles. The fourth-order valence-electron chi connectivity index (χ4n) is 3.16. The molecule has 1 atom stereocenters. The summed E-state index contributed by atoms with van der Waals surface area (Å²) < 4.78 is 5.54. The fraction of sp³-hybridized carbons (Fsp3) is 0.500. The Morgan fingerprint density at radius 1 is 1.32 bits per heavy atom. The van der Waals surface area contributed by atoms with Gasteiger partial charge in [0.25, 0.3) is 0 Å². The van der Waals surface area contributed by atoms with Crippen molar-refractivity contribution in [2.24, 2.45) is 0 Å². The van der Waals surface area contributed by atoms with Crippen LogP contribution in [0.2, 0.25) is 0 Å². The number of nitrogens with zero attached hydrogens (tertiary/aromatic N) is 2. The molecule has 134 valence electrons. The summed E-state index contributed by atoms with van der Waals surface area (Å²) >= 11 is 0. The van der Waals surface area contributed by atoms with Gasteiger partial charge >= 0.3 is 6.09 Å². The van der Waals surface area contributed by atoms with E-state index in [2.05, 4.69) is 41.2 Å². The van der Waals surface area contributed by atoms with Crippen LogP contribution in [0.5, 0.6) is 0 Å². The molecule has 1 amide bonds. The van der Waals surface area contributed by atoms with E-state index in [4.69, 9.17) is 4.74 Å². The molecule has 1 aliphatic rings. The third kappa shape index (κ3) is 4.03. The van der Waals surface area contributed by atoms with Crippen LogP contribution in [0.1, 0.15) is 58.0 Å². The molecule has 1 aliphatic heterocycles. The molecular weight excluding hydrogens is 314 g/mol. The Balaban J connectivity index is 1.77. The molecule has 0 radical (unpaired) electrons. The van der Waals surface area contributed by atoms with Gasteiger partial charge in [-0.15, -0.1) is 0 Å². The molecule has 0 bridgehead atoms. The monoisotopic (exact) mass is 341 g/mol. The maximum Gasteiger partial charge on any atom is 0.410 e. The molecule has 1 N–H and O–H groups in total. The van der Waals surface area contributed by atoms with E-state index in [0.29, 0.717) is 6.54 Å². The highest BCUT2D eigenvalue weighted by Gasteiger charge is 2.34. The molecule has 0 unspecified atom stereocenters. The van der Waals surface area contributed by atoms with Crippen molar-refractivity contribution in [1.82, 2.24) is 14.9 Å². The first kappa shape index (κ1) is 17.5. The van der Waals surface area contributed by atoms with Crippen LogP contribution in [0, 0.1) is 0 Å². The summed E-state index contributed by atoms with van der Waals surface area (Å²) in [5, 5.41) is 0. The second kappa shape index (κ2) is 6.90. The van der Waals surface area contributed by atoms with E-state index in [-0.39, 0.29) is 12.1 Å². The zero-order chi connectivity index (χ0) is 18.0. The smallest absolute Gasteiger partial charge is 0.410 e. The quantitative estimate of drug-likeness (QED) is 0.879. The molecule has 25 heavy (non-hydrogen) atoms. The number of ether oxygens (including phenoxy) is 1. The number of likely N-dealkylation sites (tertiary alicyclic amines) is 1. The van der Waals surface area contributed by atoms with Gasteiger partial charge in [0, 0.05) is 6.54 Å². The molecule has 3 rings (SSSR count). The van der Waals surface area contributed by atoms with Crippen LogP contribution in [0.25, 0.3) is 11.3 Å². The first-order chi connectivity index (χ1) is 11.9. The number of aryl methyl sites for hydroxylation is 1. The standard InChI is InChI=1S/C20H27N3O2/c1-5-14-8-10-15(11-9-14)16-13-21-18(22-16)17-7-6-12-23(17)19(24)25-20(2,3)4/h8-11,13,17H,5-7,12H2,1-4H3,(H,21,22)/t17-/m0/s1. The van der Waals surface area contributed by atoms with Gasteiger partial charge in [0.05, 0.1) is 17.9 Å². The van der Waals surface area contributed by atoms with Crippen LogP contribution in [-0.2, 0) is 11.2 Å². The van der Waals surface area contributed by atoms with Crippen molar-refractivity contribution in [2.45, 2.75) is 58.6 Å². The van der Waals surface area contributed by atoms with Gasteiger partial charge in [-0.05, 0) is 51.2 Å². The number of hydrogen-bond acceptors (Lipinski definition) is 3. The summed E-state index contributed by atoms with van der Waals surface area (Å²) in [6.07, 6.45) is 4.48. The van der Waals surface area contributed by atoms with E-state index in [1.165, 1.54) is 5.56 Å². The van der Waals surface area contributed by atoms with Gasteiger partial charge in [-0.3, -0.25) is 4.90 Å². The molecule has 1 aromatic carbocycles. The number of aromatic nitrogens is 2. The number of nitrogens with one attached hydrogen (secondary N) is 1. The van der Waals surface area contributed by atoms with Crippen molar-refractivity contribution in [3.63, 3.8) is 0 Å². The number of carbonyl (C=O) groups excluding carboxylic acids is 1. The summed E-state index contributed by atoms with van der Waals surface area (Å²) in [7, 11) is 0. The third-order valence-electron chi connectivity index (χ3n) is 4.47. The van der Waals surface area contributed by atoms with Crippen molar-refractivity contribution < 1.29 is 9.53 Å². The lowest BCUT2D eigenvalue weighted by atomic mass is 10.1. The Kier molecular flexibility index (Phi) is 4.84. The minimum Gasteiger partial charge on any atom is -0.444 e. The molecule has 2 aromatic rings. The summed E-state index contributed by atoms with van der Waals surface area (Å²) in [5.41, 5.74) is 2.92. The van der Waals surface area contributed by atoms with Gasteiger partial charge in [0.2, 0.25) is 0 Å². The summed E-state index contributed by atoms with van der Waals surface area (Å²) in [4.78, 5) is 22.2. The Morgan fingerprint density at radius 2 is 2.04 bits per heavy atom. The Hall–Kier alpha value is -2.30. The maximum atomic E-state index is 12.5. The van der Waals surface area contributed by atoms with Gasteiger partial charge in [-0.2, -0.15) is 0 Å². The average Bonchev–Trinajstić information content (AvgIpc) is 3.22. The number of aromatic amines is 1. The van der Waals surface area contributed by atoms with E-state index < -0.39 is 5.60 Å². The van der Waals surface area contributed by atoms with E-state index in [1.807, 2.05) is 27.0 Å². The summed E-state index contributed by atoms with van der Waals surface area (Å²) in [5.74, 6) is 0.831. The number of imidazole rings is 1. The summed E-state index contributed by atoms with van der Waals surface area (Å²) in [6, 6.07) is 8.45. The molecule has 1 aromatic heterocycles. The van der Waals surface area contributed by atoms with Crippen LogP contribution < -0.4 is 0 Å². The Labute approximate surface area is 149 Å². The van der Waals surface area contributed by atoms with Crippen molar-refractivity contribution >= 4 is 6.09 Å². The van der Waals surface area contributed by atoms with Crippen LogP contribution in [0.4, 0.5) is 4.79 Å². The number of rotatable bonds is 3. The van der Waals surface area contributed by atoms with E-state index >= 15 is 0 Å². The summed E-state index contributed by atoms with van der Waals surface area (Å²) in [6.45, 7) is 8.53. The minimum absolute atomic E-state index is 0.0430. The molecule has 2 heterocycles. The van der Waals surface area contributed by atoms with Crippen LogP contribution in [0.3, 0.4) is 0 Å². The molecule has 5 heteroatoms. The predicted octanol–water partition coefficient (Wildman–Crippen LogP) is 4.71. The largest absolute Gasteiger partial charge is 0.444 e. The lowest BCUT2D eigenvalue weighted by molar-refractivity contribution is 0.0219. The van der Waals surface area contributed by atoms with Gasteiger partial charge in [0.15, 0.2) is 0 Å². The van der Waals surface area contributed by atoms with Crippen molar-refractivity contribution in [3.8, 4) is 11.3 Å². The number of H-pyrrole nitrogens is 1. The molecule has 1 fully saturated rings. The van der Waals surface area contributed by atoms with Gasteiger partial charge in [-0.25, -0.2) is 9.78 Å². The van der Waals surface area contributed by atoms with Gasteiger partial charge < -0.3 is 9.72 Å².